The molecule has 2 N–H and O–H groups in total. The van der Waals surface area contributed by atoms with Crippen LogP contribution in [-0.2, 0) is 6.42 Å². The Kier molecular flexibility index (Phi) is 3.94. The summed E-state index contributed by atoms with van der Waals surface area (Å²) in [6.07, 6.45) is 2.55. The summed E-state index contributed by atoms with van der Waals surface area (Å²) < 4.78 is 1.16. The number of thiophene rings is 1. The SMILES string of the molecule is NC(Cc1ccc(Cl)c(Cl)c1)c1cnc2ccsc2c1. The predicted molar refractivity (Wildman–Crippen MR) is 86.7 cm³/mol. The molecule has 102 valence electrons. The summed E-state index contributed by atoms with van der Waals surface area (Å²) in [7, 11) is 0. The molecule has 1 atom stereocenters. The number of nitrogens with two attached hydrogens (primary N) is 1. The lowest BCUT2D eigenvalue weighted by Crippen LogP contribution is -2.13. The number of hydrogen-bond donors (Lipinski definition) is 1. The summed E-state index contributed by atoms with van der Waals surface area (Å²) in [5.41, 5.74) is 9.38. The summed E-state index contributed by atoms with van der Waals surface area (Å²) in [4.78, 5) is 4.42. The predicted octanol–water partition coefficient (Wildman–Crippen LogP) is 4.85. The lowest BCUT2D eigenvalue weighted by atomic mass is 10.0. The molecule has 0 aliphatic rings. The van der Waals surface area contributed by atoms with Crippen LogP contribution >= 0.6 is 34.5 Å². The number of hydrogen-bond acceptors (Lipinski definition) is 3. The largest absolute Gasteiger partial charge is 0.324 e. The van der Waals surface area contributed by atoms with Crippen LogP contribution in [0.25, 0.3) is 10.2 Å². The lowest BCUT2D eigenvalue weighted by Gasteiger charge is -2.12. The van der Waals surface area contributed by atoms with Crippen molar-refractivity contribution in [3.63, 3.8) is 0 Å². The molecule has 20 heavy (non-hydrogen) atoms. The standard InChI is InChI=1S/C15H12Cl2N2S/c16-11-2-1-9(5-12(11)17)6-13(18)10-7-15-14(19-8-10)3-4-20-15/h1-5,7-8,13H,6,18H2. The molecule has 0 saturated carbocycles. The number of fused-ring (bicyclic) bond motifs is 1. The number of halogens is 2. The van der Waals surface area contributed by atoms with Gasteiger partial charge in [-0.2, -0.15) is 0 Å². The third kappa shape index (κ3) is 2.81. The lowest BCUT2D eigenvalue weighted by molar-refractivity contribution is 0.720. The minimum atomic E-state index is -0.105. The van der Waals surface area contributed by atoms with Gasteiger partial charge in [-0.15, -0.1) is 11.3 Å². The van der Waals surface area contributed by atoms with E-state index in [4.69, 9.17) is 28.9 Å². The van der Waals surface area contributed by atoms with E-state index >= 15 is 0 Å². The molecule has 2 heterocycles. The minimum Gasteiger partial charge on any atom is -0.324 e. The van der Waals surface area contributed by atoms with E-state index in [1.165, 1.54) is 0 Å². The topological polar surface area (TPSA) is 38.9 Å². The fraction of sp³-hybridized carbons (Fsp3) is 0.133. The van der Waals surface area contributed by atoms with Crippen LogP contribution in [-0.4, -0.2) is 4.98 Å². The number of nitrogens with zero attached hydrogens (tertiary/aromatic N) is 1. The number of pyridine rings is 1. The highest BCUT2D eigenvalue weighted by molar-refractivity contribution is 7.17. The molecule has 0 saturated heterocycles. The van der Waals surface area contributed by atoms with Gasteiger partial charge in [-0.05, 0) is 47.2 Å². The molecule has 1 aromatic carbocycles. The van der Waals surface area contributed by atoms with Crippen molar-refractivity contribution in [2.75, 3.05) is 0 Å². The van der Waals surface area contributed by atoms with Gasteiger partial charge in [0.15, 0.2) is 0 Å². The van der Waals surface area contributed by atoms with E-state index in [-0.39, 0.29) is 6.04 Å². The molecule has 2 nitrogen and oxygen atoms in total. The zero-order chi connectivity index (χ0) is 14.1. The van der Waals surface area contributed by atoms with Crippen LogP contribution in [0.4, 0.5) is 0 Å². The van der Waals surface area contributed by atoms with Gasteiger partial charge in [0, 0.05) is 12.2 Å². The highest BCUT2D eigenvalue weighted by atomic mass is 35.5. The monoisotopic (exact) mass is 322 g/mol. The van der Waals surface area contributed by atoms with Crippen molar-refractivity contribution in [3.05, 3.63) is 63.1 Å². The molecule has 0 radical (unpaired) electrons. The van der Waals surface area contributed by atoms with Crippen molar-refractivity contribution in [3.8, 4) is 0 Å². The van der Waals surface area contributed by atoms with Crippen LogP contribution in [0.15, 0.2) is 41.9 Å². The Bertz CT molecular complexity index is 754. The van der Waals surface area contributed by atoms with E-state index in [0.717, 1.165) is 21.3 Å². The van der Waals surface area contributed by atoms with Gasteiger partial charge >= 0.3 is 0 Å². The summed E-state index contributed by atoms with van der Waals surface area (Å²) in [5, 5.41) is 3.15. The first-order chi connectivity index (χ1) is 9.63. The summed E-state index contributed by atoms with van der Waals surface area (Å²) in [5.74, 6) is 0. The van der Waals surface area contributed by atoms with Crippen LogP contribution in [0, 0.1) is 0 Å². The van der Waals surface area contributed by atoms with Gasteiger partial charge in [0.1, 0.15) is 0 Å². The van der Waals surface area contributed by atoms with Crippen LogP contribution < -0.4 is 5.73 Å². The maximum Gasteiger partial charge on any atom is 0.0809 e. The van der Waals surface area contributed by atoms with Crippen LogP contribution in [0.2, 0.25) is 10.0 Å². The Hall–Kier alpha value is -1.13. The van der Waals surface area contributed by atoms with Gasteiger partial charge in [-0.1, -0.05) is 29.3 Å². The first kappa shape index (κ1) is 13.8. The van der Waals surface area contributed by atoms with Gasteiger partial charge < -0.3 is 5.73 Å². The van der Waals surface area contributed by atoms with Crippen molar-refractivity contribution in [1.82, 2.24) is 4.98 Å². The zero-order valence-electron chi connectivity index (χ0n) is 10.5. The van der Waals surface area contributed by atoms with Gasteiger partial charge in [0.25, 0.3) is 0 Å². The maximum absolute atomic E-state index is 6.26. The Morgan fingerprint density at radius 3 is 2.80 bits per heavy atom. The Morgan fingerprint density at radius 1 is 1.15 bits per heavy atom. The number of rotatable bonds is 3. The minimum absolute atomic E-state index is 0.105. The molecular formula is C15H12Cl2N2S. The second kappa shape index (κ2) is 5.70. The maximum atomic E-state index is 6.26. The molecule has 0 spiro atoms. The normalized spacial score (nSPS) is 12.8. The Morgan fingerprint density at radius 2 is 2.00 bits per heavy atom. The molecule has 0 aliphatic heterocycles. The molecule has 0 amide bonds. The molecule has 2 aromatic heterocycles. The molecule has 5 heteroatoms. The van der Waals surface area contributed by atoms with Crippen molar-refractivity contribution < 1.29 is 0 Å². The third-order valence-electron chi connectivity index (χ3n) is 3.19. The van der Waals surface area contributed by atoms with Gasteiger partial charge in [-0.25, -0.2) is 0 Å². The average molecular weight is 323 g/mol. The van der Waals surface area contributed by atoms with Crippen molar-refractivity contribution in [1.29, 1.82) is 0 Å². The van der Waals surface area contributed by atoms with E-state index in [1.54, 1.807) is 17.4 Å². The average Bonchev–Trinajstić information content (AvgIpc) is 2.90. The fourth-order valence-electron chi connectivity index (χ4n) is 2.10. The highest BCUT2D eigenvalue weighted by Crippen LogP contribution is 2.26. The highest BCUT2D eigenvalue weighted by Gasteiger charge is 2.10. The molecule has 0 bridgehead atoms. The molecule has 0 fully saturated rings. The third-order valence-corrected chi connectivity index (χ3v) is 4.78. The fourth-order valence-corrected chi connectivity index (χ4v) is 3.21. The molecule has 1 unspecified atom stereocenters. The van der Waals surface area contributed by atoms with Gasteiger partial charge in [0.2, 0.25) is 0 Å². The Labute approximate surface area is 131 Å². The van der Waals surface area contributed by atoms with Crippen molar-refractivity contribution in [2.24, 2.45) is 5.73 Å². The molecule has 3 rings (SSSR count). The van der Waals surface area contributed by atoms with E-state index in [2.05, 4.69) is 11.1 Å². The van der Waals surface area contributed by atoms with Gasteiger partial charge in [0.05, 0.1) is 20.3 Å². The van der Waals surface area contributed by atoms with Crippen LogP contribution in [0.5, 0.6) is 0 Å². The summed E-state index contributed by atoms with van der Waals surface area (Å²) in [6, 6.07) is 9.62. The first-order valence-electron chi connectivity index (χ1n) is 6.16. The van der Waals surface area contributed by atoms with E-state index < -0.39 is 0 Å². The van der Waals surface area contributed by atoms with Crippen LogP contribution in [0.3, 0.4) is 0 Å². The van der Waals surface area contributed by atoms with E-state index in [0.29, 0.717) is 16.5 Å². The van der Waals surface area contributed by atoms with Crippen molar-refractivity contribution in [2.45, 2.75) is 12.5 Å². The zero-order valence-corrected chi connectivity index (χ0v) is 12.8. The smallest absolute Gasteiger partial charge is 0.0809 e. The molecular weight excluding hydrogens is 311 g/mol. The quantitative estimate of drug-likeness (QED) is 0.748. The number of benzene rings is 1. The van der Waals surface area contributed by atoms with Crippen LogP contribution in [0.1, 0.15) is 17.2 Å². The van der Waals surface area contributed by atoms with Crippen molar-refractivity contribution >= 4 is 44.8 Å². The van der Waals surface area contributed by atoms with E-state index in [1.807, 2.05) is 29.8 Å². The first-order valence-corrected chi connectivity index (χ1v) is 7.80. The number of aromatic nitrogens is 1. The second-order valence-electron chi connectivity index (χ2n) is 4.63. The Balaban J connectivity index is 1.84. The van der Waals surface area contributed by atoms with Gasteiger partial charge in [-0.3, -0.25) is 4.98 Å². The van der Waals surface area contributed by atoms with E-state index in [9.17, 15) is 0 Å². The molecule has 3 aromatic rings. The summed E-state index contributed by atoms with van der Waals surface area (Å²) in [6.45, 7) is 0. The molecule has 0 aliphatic carbocycles. The summed E-state index contributed by atoms with van der Waals surface area (Å²) >= 11 is 13.6. The second-order valence-corrected chi connectivity index (χ2v) is 6.39.